The predicted molar refractivity (Wildman–Crippen MR) is 77.0 cm³/mol. The van der Waals surface area contributed by atoms with Crippen LogP contribution in [0.2, 0.25) is 0 Å². The van der Waals surface area contributed by atoms with Crippen molar-refractivity contribution in [1.29, 1.82) is 0 Å². The highest BCUT2D eigenvalue weighted by Crippen LogP contribution is 2.27. The van der Waals surface area contributed by atoms with Crippen molar-refractivity contribution in [2.24, 2.45) is 5.73 Å². The van der Waals surface area contributed by atoms with E-state index in [1.165, 1.54) is 0 Å². The molecule has 5 heteroatoms. The molecule has 0 aliphatic carbocycles. The molecule has 4 nitrogen and oxygen atoms in total. The number of carbonyl (C=O) groups is 1. The lowest BCUT2D eigenvalue weighted by molar-refractivity contribution is 0.100. The fraction of sp³-hybridized carbons (Fsp3) is 0.462. The normalized spacial score (nSPS) is 18.9. The minimum Gasteiger partial charge on any atom is -0.367 e. The molecular formula is C13H18BrN3O. The van der Waals surface area contributed by atoms with Crippen LogP contribution in [0.25, 0.3) is 0 Å². The van der Waals surface area contributed by atoms with Gasteiger partial charge in [-0.2, -0.15) is 0 Å². The number of nitrogens with zero attached hydrogens (tertiary/aromatic N) is 1. The average Bonchev–Trinajstić information content (AvgIpc) is 2.85. The number of likely N-dealkylation sites (N-methyl/N-ethyl adjacent to an activating group) is 1. The standard InChI is InChI=1S/C13H18BrN3O/c1-2-17(10-5-6-16-8-10)12-4-3-9(14)7-11(12)13(15)18/h3-4,7,10,16H,2,5-6,8H2,1H3,(H2,15,18). The average molecular weight is 312 g/mol. The first-order chi connectivity index (χ1) is 8.63. The highest BCUT2D eigenvalue weighted by atomic mass is 79.9. The highest BCUT2D eigenvalue weighted by molar-refractivity contribution is 9.10. The summed E-state index contributed by atoms with van der Waals surface area (Å²) >= 11 is 3.38. The van der Waals surface area contributed by atoms with E-state index in [0.29, 0.717) is 11.6 Å². The third-order valence-electron chi connectivity index (χ3n) is 3.35. The molecule has 18 heavy (non-hydrogen) atoms. The van der Waals surface area contributed by atoms with Crippen LogP contribution in [0, 0.1) is 0 Å². The molecule has 1 heterocycles. The van der Waals surface area contributed by atoms with Crippen molar-refractivity contribution in [3.05, 3.63) is 28.2 Å². The smallest absolute Gasteiger partial charge is 0.250 e. The van der Waals surface area contributed by atoms with Gasteiger partial charge in [0, 0.05) is 29.3 Å². The Balaban J connectivity index is 2.37. The Kier molecular flexibility index (Phi) is 4.24. The summed E-state index contributed by atoms with van der Waals surface area (Å²) in [6.07, 6.45) is 1.10. The Hall–Kier alpha value is -1.07. The fourth-order valence-corrected chi connectivity index (χ4v) is 2.85. The molecule has 1 aromatic carbocycles. The number of amides is 1. The molecule has 2 rings (SSSR count). The molecule has 1 aliphatic rings. The molecule has 0 saturated carbocycles. The molecule has 0 aromatic heterocycles. The first-order valence-electron chi connectivity index (χ1n) is 6.20. The van der Waals surface area contributed by atoms with Crippen LogP contribution in [0.5, 0.6) is 0 Å². The summed E-state index contributed by atoms with van der Waals surface area (Å²) in [6.45, 7) is 4.96. The van der Waals surface area contributed by atoms with E-state index in [-0.39, 0.29) is 5.91 Å². The van der Waals surface area contributed by atoms with Gasteiger partial charge < -0.3 is 16.0 Å². The topological polar surface area (TPSA) is 58.4 Å². The molecule has 1 aromatic rings. The van der Waals surface area contributed by atoms with Crippen molar-refractivity contribution in [1.82, 2.24) is 5.32 Å². The van der Waals surface area contributed by atoms with Crippen molar-refractivity contribution >= 4 is 27.5 Å². The van der Waals surface area contributed by atoms with E-state index in [4.69, 9.17) is 5.73 Å². The number of hydrogen-bond acceptors (Lipinski definition) is 3. The monoisotopic (exact) mass is 311 g/mol. The van der Waals surface area contributed by atoms with Crippen LogP contribution in [0.3, 0.4) is 0 Å². The summed E-state index contributed by atoms with van der Waals surface area (Å²) in [6, 6.07) is 6.15. The molecular weight excluding hydrogens is 294 g/mol. The van der Waals surface area contributed by atoms with Crippen LogP contribution in [0.4, 0.5) is 5.69 Å². The highest BCUT2D eigenvalue weighted by Gasteiger charge is 2.24. The zero-order valence-corrected chi connectivity index (χ0v) is 12.0. The first-order valence-corrected chi connectivity index (χ1v) is 6.99. The van der Waals surface area contributed by atoms with Gasteiger partial charge in [0.15, 0.2) is 0 Å². The Bertz CT molecular complexity index is 444. The molecule has 1 fully saturated rings. The third-order valence-corrected chi connectivity index (χ3v) is 3.84. The zero-order chi connectivity index (χ0) is 13.1. The van der Waals surface area contributed by atoms with Crippen LogP contribution in [0.1, 0.15) is 23.7 Å². The summed E-state index contributed by atoms with van der Waals surface area (Å²) in [7, 11) is 0. The van der Waals surface area contributed by atoms with E-state index >= 15 is 0 Å². The second-order valence-electron chi connectivity index (χ2n) is 4.46. The predicted octanol–water partition coefficient (Wildman–Crippen LogP) is 1.74. The van der Waals surface area contributed by atoms with Gasteiger partial charge in [-0.1, -0.05) is 15.9 Å². The van der Waals surface area contributed by atoms with Crippen LogP contribution in [0.15, 0.2) is 22.7 Å². The van der Waals surface area contributed by atoms with Gasteiger partial charge in [0.1, 0.15) is 0 Å². The van der Waals surface area contributed by atoms with Gasteiger partial charge in [-0.15, -0.1) is 0 Å². The Morgan fingerprint density at radius 1 is 1.61 bits per heavy atom. The minimum absolute atomic E-state index is 0.379. The number of carbonyl (C=O) groups excluding carboxylic acids is 1. The van der Waals surface area contributed by atoms with Gasteiger partial charge in [0.2, 0.25) is 0 Å². The molecule has 0 radical (unpaired) electrons. The number of primary amides is 1. The molecule has 98 valence electrons. The van der Waals surface area contributed by atoms with E-state index < -0.39 is 0 Å². The maximum Gasteiger partial charge on any atom is 0.250 e. The van der Waals surface area contributed by atoms with Crippen molar-refractivity contribution in [3.63, 3.8) is 0 Å². The van der Waals surface area contributed by atoms with Gasteiger partial charge in [-0.3, -0.25) is 4.79 Å². The van der Waals surface area contributed by atoms with Crippen molar-refractivity contribution in [2.75, 3.05) is 24.5 Å². The van der Waals surface area contributed by atoms with Gasteiger partial charge in [0.25, 0.3) is 5.91 Å². The van der Waals surface area contributed by atoms with Crippen molar-refractivity contribution in [2.45, 2.75) is 19.4 Å². The largest absolute Gasteiger partial charge is 0.367 e. The quantitative estimate of drug-likeness (QED) is 0.890. The second kappa shape index (κ2) is 5.71. The number of hydrogen-bond donors (Lipinski definition) is 2. The molecule has 3 N–H and O–H groups in total. The number of rotatable bonds is 4. The van der Waals surface area contributed by atoms with Crippen LogP contribution < -0.4 is 16.0 Å². The molecule has 0 bridgehead atoms. The lowest BCUT2D eigenvalue weighted by Crippen LogP contribution is -2.38. The van der Waals surface area contributed by atoms with Gasteiger partial charge in [-0.25, -0.2) is 0 Å². The van der Waals surface area contributed by atoms with Crippen molar-refractivity contribution in [3.8, 4) is 0 Å². The third kappa shape index (κ3) is 2.67. The Labute approximate surface area is 116 Å². The van der Waals surface area contributed by atoms with Gasteiger partial charge in [-0.05, 0) is 38.1 Å². The summed E-state index contributed by atoms with van der Waals surface area (Å²) in [5.41, 5.74) is 6.99. The van der Waals surface area contributed by atoms with E-state index in [0.717, 1.165) is 36.2 Å². The lowest BCUT2D eigenvalue weighted by Gasteiger charge is -2.30. The van der Waals surface area contributed by atoms with Crippen molar-refractivity contribution < 1.29 is 4.79 Å². The Morgan fingerprint density at radius 2 is 2.39 bits per heavy atom. The SMILES string of the molecule is CCN(c1ccc(Br)cc1C(N)=O)C1CCNC1. The van der Waals surface area contributed by atoms with Crippen LogP contribution >= 0.6 is 15.9 Å². The molecule has 1 atom stereocenters. The maximum atomic E-state index is 11.6. The molecule has 1 unspecified atom stereocenters. The zero-order valence-electron chi connectivity index (χ0n) is 10.4. The number of nitrogens with two attached hydrogens (primary N) is 1. The summed E-state index contributed by atoms with van der Waals surface area (Å²) in [5.74, 6) is -0.379. The van der Waals surface area contributed by atoms with E-state index in [9.17, 15) is 4.79 Å². The maximum absolute atomic E-state index is 11.6. The number of nitrogens with one attached hydrogen (secondary N) is 1. The number of anilines is 1. The van der Waals surface area contributed by atoms with Gasteiger partial charge >= 0.3 is 0 Å². The summed E-state index contributed by atoms with van der Waals surface area (Å²) in [5, 5.41) is 3.35. The second-order valence-corrected chi connectivity index (χ2v) is 5.37. The first kappa shape index (κ1) is 13.4. The molecule has 1 aliphatic heterocycles. The molecule has 1 amide bonds. The summed E-state index contributed by atoms with van der Waals surface area (Å²) < 4.78 is 0.876. The molecule has 1 saturated heterocycles. The Morgan fingerprint density at radius 3 is 2.94 bits per heavy atom. The van der Waals surface area contributed by atoms with E-state index in [1.54, 1.807) is 6.07 Å². The summed E-state index contributed by atoms with van der Waals surface area (Å²) in [4.78, 5) is 13.8. The molecule has 0 spiro atoms. The van der Waals surface area contributed by atoms with Crippen LogP contribution in [-0.4, -0.2) is 31.6 Å². The number of benzene rings is 1. The number of halogens is 1. The minimum atomic E-state index is -0.379. The van der Waals surface area contributed by atoms with Gasteiger partial charge in [0.05, 0.1) is 5.56 Å². The lowest BCUT2D eigenvalue weighted by atomic mass is 10.1. The fourth-order valence-electron chi connectivity index (χ4n) is 2.49. The van der Waals surface area contributed by atoms with E-state index in [2.05, 4.69) is 33.1 Å². The van der Waals surface area contributed by atoms with Crippen LogP contribution in [-0.2, 0) is 0 Å². The van der Waals surface area contributed by atoms with E-state index in [1.807, 2.05) is 12.1 Å².